The molecule has 23 heavy (non-hydrogen) atoms. The van der Waals surface area contributed by atoms with E-state index in [2.05, 4.69) is 4.72 Å². The maximum absolute atomic E-state index is 12.3. The lowest BCUT2D eigenvalue weighted by Gasteiger charge is -2.15. The Morgan fingerprint density at radius 2 is 1.78 bits per heavy atom. The van der Waals surface area contributed by atoms with Gasteiger partial charge in [-0.2, -0.15) is 0 Å². The van der Waals surface area contributed by atoms with E-state index in [1.807, 2.05) is 12.1 Å². The molecule has 0 bridgehead atoms. The molecule has 7 heteroatoms. The summed E-state index contributed by atoms with van der Waals surface area (Å²) in [6, 6.07) is 11.6. The van der Waals surface area contributed by atoms with Gasteiger partial charge in [-0.3, -0.25) is 0 Å². The third kappa shape index (κ3) is 5.11. The van der Waals surface area contributed by atoms with Crippen LogP contribution in [0.3, 0.4) is 0 Å². The molecule has 0 heterocycles. The molecule has 0 radical (unpaired) electrons. The molecule has 0 amide bonds. The molecule has 1 N–H and O–H groups in total. The van der Waals surface area contributed by atoms with E-state index in [1.165, 1.54) is 6.07 Å². The molecule has 1 atom stereocenters. The van der Waals surface area contributed by atoms with Crippen molar-refractivity contribution in [2.75, 3.05) is 7.11 Å². The molecule has 2 aromatic rings. The van der Waals surface area contributed by atoms with Gasteiger partial charge < -0.3 is 4.74 Å². The van der Waals surface area contributed by atoms with E-state index in [0.717, 1.165) is 11.3 Å². The summed E-state index contributed by atoms with van der Waals surface area (Å²) in [6.07, 6.45) is 0. The molecule has 0 spiro atoms. The van der Waals surface area contributed by atoms with Crippen molar-refractivity contribution in [1.29, 1.82) is 0 Å². The van der Waals surface area contributed by atoms with Gasteiger partial charge in [0.25, 0.3) is 0 Å². The summed E-state index contributed by atoms with van der Waals surface area (Å²) < 4.78 is 32.4. The number of hydrogen-bond donors (Lipinski definition) is 1. The zero-order valence-corrected chi connectivity index (χ0v) is 15.0. The van der Waals surface area contributed by atoms with Crippen molar-refractivity contribution in [3.63, 3.8) is 0 Å². The lowest BCUT2D eigenvalue weighted by atomic mass is 10.1. The smallest absolute Gasteiger partial charge is 0.216 e. The van der Waals surface area contributed by atoms with Crippen LogP contribution in [0.15, 0.2) is 42.5 Å². The molecule has 2 rings (SSSR count). The Labute approximate surface area is 146 Å². The molecular formula is C16H17Cl2NO3S. The SMILES string of the molecule is COc1ccc(C(C)NS(=O)(=O)Cc2ccc(Cl)cc2Cl)cc1. The van der Waals surface area contributed by atoms with Gasteiger partial charge in [0.1, 0.15) is 5.75 Å². The van der Waals surface area contributed by atoms with Crippen LogP contribution in [0.1, 0.15) is 24.1 Å². The molecular weight excluding hydrogens is 357 g/mol. The highest BCUT2D eigenvalue weighted by atomic mass is 35.5. The number of ether oxygens (including phenoxy) is 1. The van der Waals surface area contributed by atoms with Crippen LogP contribution in [0, 0.1) is 0 Å². The second kappa shape index (κ2) is 7.53. The highest BCUT2D eigenvalue weighted by molar-refractivity contribution is 7.88. The van der Waals surface area contributed by atoms with Gasteiger partial charge in [0, 0.05) is 16.1 Å². The van der Waals surface area contributed by atoms with Gasteiger partial charge in [0.05, 0.1) is 12.9 Å². The molecule has 0 aromatic heterocycles. The van der Waals surface area contributed by atoms with E-state index in [-0.39, 0.29) is 11.8 Å². The van der Waals surface area contributed by atoms with Gasteiger partial charge in [0.15, 0.2) is 0 Å². The predicted octanol–water partition coefficient (Wildman–Crippen LogP) is 4.18. The second-order valence-corrected chi connectivity index (χ2v) is 7.71. The molecule has 124 valence electrons. The number of benzene rings is 2. The average Bonchev–Trinajstić information content (AvgIpc) is 2.49. The molecule has 4 nitrogen and oxygen atoms in total. The lowest BCUT2D eigenvalue weighted by Crippen LogP contribution is -2.28. The van der Waals surface area contributed by atoms with E-state index < -0.39 is 10.0 Å². The zero-order valence-electron chi connectivity index (χ0n) is 12.7. The minimum absolute atomic E-state index is 0.205. The largest absolute Gasteiger partial charge is 0.497 e. The van der Waals surface area contributed by atoms with Crippen molar-refractivity contribution in [3.8, 4) is 5.75 Å². The van der Waals surface area contributed by atoms with Crippen LogP contribution >= 0.6 is 23.2 Å². The van der Waals surface area contributed by atoms with E-state index in [9.17, 15) is 8.42 Å². The highest BCUT2D eigenvalue weighted by Crippen LogP contribution is 2.24. The van der Waals surface area contributed by atoms with E-state index in [1.54, 1.807) is 38.3 Å². The van der Waals surface area contributed by atoms with Gasteiger partial charge in [-0.1, -0.05) is 41.4 Å². The number of nitrogens with one attached hydrogen (secondary N) is 1. The quantitative estimate of drug-likeness (QED) is 0.825. The Morgan fingerprint density at radius 3 is 2.35 bits per heavy atom. The van der Waals surface area contributed by atoms with Crippen molar-refractivity contribution in [1.82, 2.24) is 4.72 Å². The van der Waals surface area contributed by atoms with Crippen molar-refractivity contribution < 1.29 is 13.2 Å². The summed E-state index contributed by atoms with van der Waals surface area (Å²) >= 11 is 11.8. The number of halogens is 2. The molecule has 1 unspecified atom stereocenters. The standard InChI is InChI=1S/C16H17Cl2NO3S/c1-11(12-4-7-15(22-2)8-5-12)19-23(20,21)10-13-3-6-14(17)9-16(13)18/h3-9,11,19H,10H2,1-2H3. The van der Waals surface area contributed by atoms with E-state index in [4.69, 9.17) is 27.9 Å². The number of methoxy groups -OCH3 is 1. The van der Waals surface area contributed by atoms with Crippen molar-refractivity contribution in [2.45, 2.75) is 18.7 Å². The average molecular weight is 374 g/mol. The fourth-order valence-corrected chi connectivity index (χ4v) is 4.09. The van der Waals surface area contributed by atoms with Crippen LogP contribution < -0.4 is 9.46 Å². The van der Waals surface area contributed by atoms with Crippen LogP contribution in [0.5, 0.6) is 5.75 Å². The van der Waals surface area contributed by atoms with Crippen LogP contribution in [0.4, 0.5) is 0 Å². The van der Waals surface area contributed by atoms with Crippen LogP contribution in [0.25, 0.3) is 0 Å². The Balaban J connectivity index is 2.10. The van der Waals surface area contributed by atoms with Crippen LogP contribution in [-0.2, 0) is 15.8 Å². The number of rotatable bonds is 6. The van der Waals surface area contributed by atoms with Crippen LogP contribution in [0.2, 0.25) is 10.0 Å². The van der Waals surface area contributed by atoms with Gasteiger partial charge in [-0.05, 0) is 42.3 Å². The molecule has 0 aliphatic carbocycles. The normalized spacial score (nSPS) is 12.9. The minimum Gasteiger partial charge on any atom is -0.497 e. The fraction of sp³-hybridized carbons (Fsp3) is 0.250. The summed E-state index contributed by atoms with van der Waals surface area (Å²) in [4.78, 5) is 0. The first kappa shape index (κ1) is 18.1. The van der Waals surface area contributed by atoms with Gasteiger partial charge in [-0.25, -0.2) is 13.1 Å². The predicted molar refractivity (Wildman–Crippen MR) is 93.6 cm³/mol. The van der Waals surface area contributed by atoms with E-state index >= 15 is 0 Å². The topological polar surface area (TPSA) is 55.4 Å². The summed E-state index contributed by atoms with van der Waals surface area (Å²) in [5.74, 6) is 0.514. The first-order valence-electron chi connectivity index (χ1n) is 6.88. The first-order chi connectivity index (χ1) is 10.8. The van der Waals surface area contributed by atoms with E-state index in [0.29, 0.717) is 15.6 Å². The van der Waals surface area contributed by atoms with Crippen molar-refractivity contribution >= 4 is 33.2 Å². The maximum atomic E-state index is 12.3. The fourth-order valence-electron chi connectivity index (χ4n) is 2.12. The van der Waals surface area contributed by atoms with Gasteiger partial charge >= 0.3 is 0 Å². The minimum atomic E-state index is -3.54. The highest BCUT2D eigenvalue weighted by Gasteiger charge is 2.18. The summed E-state index contributed by atoms with van der Waals surface area (Å²) in [7, 11) is -1.96. The molecule has 0 aliphatic rings. The number of hydrogen-bond acceptors (Lipinski definition) is 3. The molecule has 0 fully saturated rings. The third-order valence-electron chi connectivity index (χ3n) is 3.33. The summed E-state index contributed by atoms with van der Waals surface area (Å²) in [5, 5.41) is 0.802. The molecule has 0 aliphatic heterocycles. The monoisotopic (exact) mass is 373 g/mol. The third-order valence-corrected chi connectivity index (χ3v) is 5.32. The molecule has 2 aromatic carbocycles. The summed E-state index contributed by atoms with van der Waals surface area (Å²) in [5.41, 5.74) is 1.35. The first-order valence-corrected chi connectivity index (χ1v) is 9.29. The molecule has 0 saturated heterocycles. The summed E-state index contributed by atoms with van der Waals surface area (Å²) in [6.45, 7) is 1.78. The Bertz CT molecular complexity index is 776. The Hall–Kier alpha value is -1.27. The van der Waals surface area contributed by atoms with Crippen molar-refractivity contribution in [3.05, 3.63) is 63.6 Å². The Kier molecular flexibility index (Phi) is 5.92. The zero-order chi connectivity index (χ0) is 17.0. The van der Waals surface area contributed by atoms with Crippen LogP contribution in [-0.4, -0.2) is 15.5 Å². The molecule has 0 saturated carbocycles. The number of sulfonamides is 1. The van der Waals surface area contributed by atoms with Gasteiger partial charge in [-0.15, -0.1) is 0 Å². The van der Waals surface area contributed by atoms with Crippen molar-refractivity contribution in [2.24, 2.45) is 0 Å². The maximum Gasteiger partial charge on any atom is 0.216 e. The van der Waals surface area contributed by atoms with Gasteiger partial charge in [0.2, 0.25) is 10.0 Å². The lowest BCUT2D eigenvalue weighted by molar-refractivity contribution is 0.414. The second-order valence-electron chi connectivity index (χ2n) is 5.11. The Morgan fingerprint density at radius 1 is 1.13 bits per heavy atom.